The molecule has 0 saturated heterocycles. The van der Waals surface area contributed by atoms with Crippen LogP contribution in [-0.2, 0) is 4.74 Å². The number of halogens is 2. The van der Waals surface area contributed by atoms with Crippen molar-refractivity contribution in [2.75, 3.05) is 25.6 Å². The van der Waals surface area contributed by atoms with Gasteiger partial charge in [0, 0.05) is 32.9 Å². The number of nitrogens with zero attached hydrogens (tertiary/aromatic N) is 1. The van der Waals surface area contributed by atoms with Crippen LogP contribution in [0, 0.1) is 5.82 Å². The second kappa shape index (κ2) is 6.14. The topological polar surface area (TPSA) is 54.4 Å². The first kappa shape index (κ1) is 14.2. The van der Waals surface area contributed by atoms with Crippen molar-refractivity contribution < 1.29 is 14.2 Å². The zero-order chi connectivity index (χ0) is 12.9. The van der Waals surface area contributed by atoms with Crippen LogP contribution in [0.15, 0.2) is 12.4 Å². The minimum Gasteiger partial charge on any atom is -0.388 e. The van der Waals surface area contributed by atoms with Gasteiger partial charge < -0.3 is 15.2 Å². The van der Waals surface area contributed by atoms with Crippen LogP contribution in [0.4, 0.5) is 10.1 Å². The minimum atomic E-state index is -0.991. The number of pyridine rings is 1. The number of hydrogen-bond donors (Lipinski definition) is 2. The van der Waals surface area contributed by atoms with Gasteiger partial charge in [0.05, 0.1) is 22.5 Å². The summed E-state index contributed by atoms with van der Waals surface area (Å²) in [6.45, 7) is 2.25. The lowest BCUT2D eigenvalue weighted by atomic mass is 10.0. The van der Waals surface area contributed by atoms with Gasteiger partial charge in [0.15, 0.2) is 5.82 Å². The third-order valence-corrected chi connectivity index (χ3v) is 2.63. The average molecular weight is 263 g/mol. The summed E-state index contributed by atoms with van der Waals surface area (Å²) in [5.74, 6) is -0.542. The molecule has 0 fully saturated rings. The van der Waals surface area contributed by atoms with E-state index >= 15 is 0 Å². The van der Waals surface area contributed by atoms with Gasteiger partial charge in [-0.25, -0.2) is 4.39 Å². The van der Waals surface area contributed by atoms with Crippen LogP contribution in [-0.4, -0.2) is 36.0 Å². The van der Waals surface area contributed by atoms with Crippen LogP contribution in [0.5, 0.6) is 0 Å². The SMILES string of the molecule is COCCC(C)(O)CNc1c(F)cncc1Cl. The predicted octanol–water partition coefficient (Wildman–Crippen LogP) is 2.07. The molecule has 0 amide bonds. The minimum absolute atomic E-state index is 0.152. The monoisotopic (exact) mass is 262 g/mol. The van der Waals surface area contributed by atoms with Crippen molar-refractivity contribution in [3.8, 4) is 0 Å². The maximum atomic E-state index is 13.4. The third-order valence-electron chi connectivity index (χ3n) is 2.34. The molecule has 0 aliphatic rings. The fourth-order valence-corrected chi connectivity index (χ4v) is 1.48. The van der Waals surface area contributed by atoms with Crippen molar-refractivity contribution in [1.82, 2.24) is 4.98 Å². The number of aliphatic hydroxyl groups is 1. The van der Waals surface area contributed by atoms with Crippen LogP contribution in [0.2, 0.25) is 5.02 Å². The van der Waals surface area contributed by atoms with Gasteiger partial charge >= 0.3 is 0 Å². The van der Waals surface area contributed by atoms with E-state index in [0.29, 0.717) is 13.0 Å². The van der Waals surface area contributed by atoms with Crippen molar-refractivity contribution >= 4 is 17.3 Å². The molecule has 1 aromatic rings. The fraction of sp³-hybridized carbons (Fsp3) is 0.545. The summed E-state index contributed by atoms with van der Waals surface area (Å²) in [7, 11) is 1.56. The Morgan fingerprint density at radius 3 is 2.88 bits per heavy atom. The van der Waals surface area contributed by atoms with Crippen LogP contribution in [0.1, 0.15) is 13.3 Å². The molecule has 0 aliphatic heterocycles. The highest BCUT2D eigenvalue weighted by molar-refractivity contribution is 6.33. The lowest BCUT2D eigenvalue weighted by Crippen LogP contribution is -2.34. The molecule has 96 valence electrons. The molecule has 1 unspecified atom stereocenters. The van der Waals surface area contributed by atoms with Crippen molar-refractivity contribution in [2.24, 2.45) is 0 Å². The van der Waals surface area contributed by atoms with Gasteiger partial charge in [-0.15, -0.1) is 0 Å². The van der Waals surface area contributed by atoms with E-state index in [4.69, 9.17) is 16.3 Å². The average Bonchev–Trinajstić information content (AvgIpc) is 2.26. The number of rotatable bonds is 6. The Hall–Kier alpha value is -0.910. The van der Waals surface area contributed by atoms with E-state index in [2.05, 4.69) is 10.3 Å². The Kier molecular flexibility index (Phi) is 5.11. The first-order valence-electron chi connectivity index (χ1n) is 5.20. The second-order valence-corrected chi connectivity index (χ2v) is 4.48. The maximum Gasteiger partial charge on any atom is 0.166 e. The van der Waals surface area contributed by atoms with Crippen molar-refractivity contribution in [2.45, 2.75) is 18.9 Å². The predicted molar refractivity (Wildman–Crippen MR) is 64.8 cm³/mol. The lowest BCUT2D eigenvalue weighted by Gasteiger charge is -2.24. The van der Waals surface area contributed by atoms with Gasteiger partial charge in [0.25, 0.3) is 0 Å². The van der Waals surface area contributed by atoms with Gasteiger partial charge in [-0.05, 0) is 6.92 Å². The maximum absolute atomic E-state index is 13.4. The Bertz CT molecular complexity index is 354. The van der Waals surface area contributed by atoms with Crippen LogP contribution >= 0.6 is 11.6 Å². The number of hydrogen-bond acceptors (Lipinski definition) is 4. The van der Waals surface area contributed by atoms with Gasteiger partial charge in [-0.2, -0.15) is 0 Å². The molecule has 0 radical (unpaired) electrons. The Balaban J connectivity index is 2.60. The van der Waals surface area contributed by atoms with E-state index in [-0.39, 0.29) is 17.3 Å². The van der Waals surface area contributed by atoms with E-state index in [1.807, 2.05) is 0 Å². The number of methoxy groups -OCH3 is 1. The highest BCUT2D eigenvalue weighted by Crippen LogP contribution is 2.24. The summed E-state index contributed by atoms with van der Waals surface area (Å²) in [6, 6.07) is 0. The molecule has 1 heterocycles. The molecule has 4 nitrogen and oxygen atoms in total. The number of aromatic nitrogens is 1. The summed E-state index contributed by atoms with van der Waals surface area (Å²) in [6.07, 6.45) is 2.86. The van der Waals surface area contributed by atoms with E-state index in [1.165, 1.54) is 6.20 Å². The summed E-state index contributed by atoms with van der Waals surface area (Å²) in [5.41, 5.74) is -0.839. The van der Waals surface area contributed by atoms with E-state index < -0.39 is 11.4 Å². The number of nitrogens with one attached hydrogen (secondary N) is 1. The Morgan fingerprint density at radius 2 is 2.29 bits per heavy atom. The lowest BCUT2D eigenvalue weighted by molar-refractivity contribution is 0.0357. The standard InChI is InChI=1S/C11H16ClFN2O2/c1-11(16,3-4-17-2)7-15-10-8(12)5-14-6-9(10)13/h5-6,16H,3-4,7H2,1-2H3,(H,14,15). The third kappa shape index (κ3) is 4.46. The summed E-state index contributed by atoms with van der Waals surface area (Å²) < 4.78 is 18.2. The normalized spacial score (nSPS) is 14.4. The molecule has 2 N–H and O–H groups in total. The molecule has 1 rings (SSSR count). The van der Waals surface area contributed by atoms with Crippen molar-refractivity contribution in [3.63, 3.8) is 0 Å². The van der Waals surface area contributed by atoms with Gasteiger partial charge in [-0.1, -0.05) is 11.6 Å². The van der Waals surface area contributed by atoms with Crippen LogP contribution in [0.3, 0.4) is 0 Å². The molecule has 0 spiro atoms. The fourth-order valence-electron chi connectivity index (χ4n) is 1.27. The molecule has 0 aliphatic carbocycles. The molecule has 0 saturated carbocycles. The molecule has 6 heteroatoms. The van der Waals surface area contributed by atoms with Crippen molar-refractivity contribution in [1.29, 1.82) is 0 Å². The summed E-state index contributed by atoms with van der Waals surface area (Å²) in [5, 5.41) is 12.9. The quantitative estimate of drug-likeness (QED) is 0.824. The Labute approximate surface area is 105 Å². The Morgan fingerprint density at radius 1 is 1.59 bits per heavy atom. The van der Waals surface area contributed by atoms with Crippen LogP contribution < -0.4 is 5.32 Å². The molecule has 1 atom stereocenters. The molecular formula is C11H16ClFN2O2. The molecule has 0 bridgehead atoms. The summed E-state index contributed by atoms with van der Waals surface area (Å²) >= 11 is 5.79. The zero-order valence-electron chi connectivity index (χ0n) is 9.83. The van der Waals surface area contributed by atoms with E-state index in [9.17, 15) is 9.50 Å². The summed E-state index contributed by atoms with van der Waals surface area (Å²) in [4.78, 5) is 3.61. The second-order valence-electron chi connectivity index (χ2n) is 4.07. The van der Waals surface area contributed by atoms with Crippen LogP contribution in [0.25, 0.3) is 0 Å². The van der Waals surface area contributed by atoms with Gasteiger partial charge in [0.2, 0.25) is 0 Å². The number of ether oxygens (including phenoxy) is 1. The first-order chi connectivity index (χ1) is 7.96. The van der Waals surface area contributed by atoms with Crippen molar-refractivity contribution in [3.05, 3.63) is 23.2 Å². The van der Waals surface area contributed by atoms with E-state index in [1.54, 1.807) is 14.0 Å². The van der Waals surface area contributed by atoms with E-state index in [0.717, 1.165) is 6.20 Å². The zero-order valence-corrected chi connectivity index (χ0v) is 10.6. The van der Waals surface area contributed by atoms with Gasteiger partial charge in [-0.3, -0.25) is 4.98 Å². The largest absolute Gasteiger partial charge is 0.388 e. The molecule has 17 heavy (non-hydrogen) atoms. The smallest absolute Gasteiger partial charge is 0.166 e. The molecule has 0 aromatic carbocycles. The van der Waals surface area contributed by atoms with Gasteiger partial charge in [0.1, 0.15) is 0 Å². The molecular weight excluding hydrogens is 247 g/mol. The molecule has 1 aromatic heterocycles. The highest BCUT2D eigenvalue weighted by atomic mass is 35.5. The first-order valence-corrected chi connectivity index (χ1v) is 5.58. The highest BCUT2D eigenvalue weighted by Gasteiger charge is 2.21. The number of anilines is 1.